The molecule has 0 radical (unpaired) electrons. The molecule has 1 heterocycles. The molecule has 1 aromatic heterocycles. The average Bonchev–Trinajstić information content (AvgIpc) is 3.32. The summed E-state index contributed by atoms with van der Waals surface area (Å²) in [6.07, 6.45) is 7.39. The van der Waals surface area contributed by atoms with Gasteiger partial charge < -0.3 is 10.2 Å². The first-order valence-electron chi connectivity index (χ1n) is 7.77. The molecule has 2 aliphatic rings. The maximum atomic E-state index is 14.1. The van der Waals surface area contributed by atoms with Gasteiger partial charge in [-0.1, -0.05) is 6.92 Å². The lowest BCUT2D eigenvalue weighted by Crippen LogP contribution is -2.30. The Kier molecular flexibility index (Phi) is 4.03. The van der Waals surface area contributed by atoms with E-state index in [2.05, 4.69) is 27.1 Å². The standard InChI is InChI=1S/C15H23FN4/c1-2-7-17-15-18-8-13(16)14(19-15)20(9-11-3-4-11)10-12-5-6-12/h8,11-12H,2-7,9-10H2,1H3,(H,17,18,19). The highest BCUT2D eigenvalue weighted by molar-refractivity contribution is 5.44. The van der Waals surface area contributed by atoms with Crippen LogP contribution in [0.3, 0.4) is 0 Å². The third kappa shape index (κ3) is 3.58. The van der Waals surface area contributed by atoms with Gasteiger partial charge >= 0.3 is 0 Å². The fourth-order valence-corrected chi connectivity index (χ4v) is 2.37. The van der Waals surface area contributed by atoms with Crippen LogP contribution in [0.15, 0.2) is 6.20 Å². The molecule has 0 atom stereocenters. The van der Waals surface area contributed by atoms with Crippen molar-refractivity contribution in [3.05, 3.63) is 12.0 Å². The molecule has 0 aromatic carbocycles. The Morgan fingerprint density at radius 2 is 1.90 bits per heavy atom. The number of aromatic nitrogens is 2. The van der Waals surface area contributed by atoms with Crippen LogP contribution < -0.4 is 10.2 Å². The number of anilines is 2. The molecule has 2 saturated carbocycles. The lowest BCUT2D eigenvalue weighted by Gasteiger charge is -2.24. The first-order chi connectivity index (χ1) is 9.76. The van der Waals surface area contributed by atoms with E-state index in [1.165, 1.54) is 31.9 Å². The maximum absolute atomic E-state index is 14.1. The molecule has 110 valence electrons. The molecular weight excluding hydrogens is 255 g/mol. The van der Waals surface area contributed by atoms with Crippen LogP contribution in [-0.4, -0.2) is 29.6 Å². The minimum Gasteiger partial charge on any atom is -0.354 e. The lowest BCUT2D eigenvalue weighted by molar-refractivity contribution is 0.587. The summed E-state index contributed by atoms with van der Waals surface area (Å²) in [5, 5.41) is 3.14. The average molecular weight is 278 g/mol. The normalized spacial score (nSPS) is 18.1. The largest absolute Gasteiger partial charge is 0.354 e. The Labute approximate surface area is 119 Å². The van der Waals surface area contributed by atoms with Gasteiger partial charge in [0, 0.05) is 19.6 Å². The van der Waals surface area contributed by atoms with Crippen molar-refractivity contribution in [2.24, 2.45) is 11.8 Å². The molecule has 0 spiro atoms. The van der Waals surface area contributed by atoms with Crippen LogP contribution in [0.5, 0.6) is 0 Å². The molecule has 1 aromatic rings. The highest BCUT2D eigenvalue weighted by Gasteiger charge is 2.31. The van der Waals surface area contributed by atoms with Crippen LogP contribution in [0.1, 0.15) is 39.0 Å². The number of hydrogen-bond acceptors (Lipinski definition) is 4. The summed E-state index contributed by atoms with van der Waals surface area (Å²) in [5.41, 5.74) is 0. The van der Waals surface area contributed by atoms with Gasteiger partial charge in [0.05, 0.1) is 6.20 Å². The molecule has 1 N–H and O–H groups in total. The SMILES string of the molecule is CCCNc1ncc(F)c(N(CC2CC2)CC2CC2)n1. The smallest absolute Gasteiger partial charge is 0.224 e. The number of rotatable bonds is 8. The van der Waals surface area contributed by atoms with Crippen molar-refractivity contribution in [1.29, 1.82) is 0 Å². The number of nitrogens with zero attached hydrogens (tertiary/aromatic N) is 3. The van der Waals surface area contributed by atoms with Crippen LogP contribution in [0, 0.1) is 17.7 Å². The molecule has 0 saturated heterocycles. The fourth-order valence-electron chi connectivity index (χ4n) is 2.37. The predicted molar refractivity (Wildman–Crippen MR) is 78.4 cm³/mol. The summed E-state index contributed by atoms with van der Waals surface area (Å²) < 4.78 is 14.1. The molecular formula is C15H23FN4. The molecule has 0 unspecified atom stereocenters. The van der Waals surface area contributed by atoms with Gasteiger partial charge in [-0.3, -0.25) is 0 Å². The minimum absolute atomic E-state index is 0.298. The lowest BCUT2D eigenvalue weighted by atomic mass is 10.3. The second-order valence-corrected chi connectivity index (χ2v) is 6.08. The Morgan fingerprint density at radius 1 is 1.25 bits per heavy atom. The van der Waals surface area contributed by atoms with Crippen LogP contribution in [0.4, 0.5) is 16.2 Å². The highest BCUT2D eigenvalue weighted by atomic mass is 19.1. The van der Waals surface area contributed by atoms with Gasteiger partial charge in [-0.25, -0.2) is 9.37 Å². The Bertz CT molecular complexity index is 443. The summed E-state index contributed by atoms with van der Waals surface area (Å²) in [6, 6.07) is 0. The molecule has 0 bridgehead atoms. The van der Waals surface area contributed by atoms with Gasteiger partial charge in [-0.05, 0) is 43.9 Å². The third-order valence-electron chi connectivity index (χ3n) is 3.91. The zero-order valence-corrected chi connectivity index (χ0v) is 12.1. The van der Waals surface area contributed by atoms with Crippen LogP contribution >= 0.6 is 0 Å². The maximum Gasteiger partial charge on any atom is 0.224 e. The Hall–Kier alpha value is -1.39. The van der Waals surface area contributed by atoms with E-state index < -0.39 is 0 Å². The second kappa shape index (κ2) is 5.94. The van der Waals surface area contributed by atoms with Gasteiger partial charge in [0.25, 0.3) is 0 Å². The first kappa shape index (κ1) is 13.6. The molecule has 2 aliphatic carbocycles. The molecule has 0 amide bonds. The molecule has 20 heavy (non-hydrogen) atoms. The summed E-state index contributed by atoms with van der Waals surface area (Å²) in [6.45, 7) is 4.79. The molecule has 0 aliphatic heterocycles. The van der Waals surface area contributed by atoms with Crippen molar-refractivity contribution in [2.45, 2.75) is 39.0 Å². The highest BCUT2D eigenvalue weighted by Crippen LogP contribution is 2.35. The van der Waals surface area contributed by atoms with Crippen LogP contribution in [-0.2, 0) is 0 Å². The molecule has 5 heteroatoms. The van der Waals surface area contributed by atoms with E-state index >= 15 is 0 Å². The van der Waals surface area contributed by atoms with Gasteiger partial charge in [-0.2, -0.15) is 4.98 Å². The van der Waals surface area contributed by atoms with E-state index in [0.717, 1.165) is 37.9 Å². The van der Waals surface area contributed by atoms with Crippen LogP contribution in [0.25, 0.3) is 0 Å². The third-order valence-corrected chi connectivity index (χ3v) is 3.91. The van der Waals surface area contributed by atoms with E-state index in [4.69, 9.17) is 0 Å². The van der Waals surface area contributed by atoms with Crippen molar-refractivity contribution in [3.63, 3.8) is 0 Å². The molecule has 2 fully saturated rings. The number of nitrogens with one attached hydrogen (secondary N) is 1. The number of halogens is 1. The Balaban J connectivity index is 1.75. The monoisotopic (exact) mass is 278 g/mol. The zero-order valence-electron chi connectivity index (χ0n) is 12.1. The van der Waals surface area contributed by atoms with Gasteiger partial charge in [0.15, 0.2) is 11.6 Å². The Morgan fingerprint density at radius 3 is 2.45 bits per heavy atom. The summed E-state index contributed by atoms with van der Waals surface area (Å²) in [7, 11) is 0. The van der Waals surface area contributed by atoms with Crippen molar-refractivity contribution in [3.8, 4) is 0 Å². The summed E-state index contributed by atoms with van der Waals surface area (Å²) in [5.74, 6) is 2.19. The number of hydrogen-bond donors (Lipinski definition) is 1. The molecule has 3 rings (SSSR count). The topological polar surface area (TPSA) is 41.1 Å². The van der Waals surface area contributed by atoms with E-state index in [1.54, 1.807) is 0 Å². The van der Waals surface area contributed by atoms with E-state index in [0.29, 0.717) is 11.8 Å². The zero-order chi connectivity index (χ0) is 13.9. The van der Waals surface area contributed by atoms with Crippen molar-refractivity contribution < 1.29 is 4.39 Å². The van der Waals surface area contributed by atoms with Gasteiger partial charge in [0.2, 0.25) is 5.95 Å². The van der Waals surface area contributed by atoms with Gasteiger partial charge in [-0.15, -0.1) is 0 Å². The van der Waals surface area contributed by atoms with Crippen LogP contribution in [0.2, 0.25) is 0 Å². The van der Waals surface area contributed by atoms with Gasteiger partial charge in [0.1, 0.15) is 0 Å². The summed E-state index contributed by atoms with van der Waals surface area (Å²) in [4.78, 5) is 10.6. The van der Waals surface area contributed by atoms with Crippen molar-refractivity contribution >= 4 is 11.8 Å². The molecule has 4 nitrogen and oxygen atoms in total. The van der Waals surface area contributed by atoms with E-state index in [1.807, 2.05) is 0 Å². The summed E-state index contributed by atoms with van der Waals surface area (Å²) >= 11 is 0. The minimum atomic E-state index is -0.298. The predicted octanol–water partition coefficient (Wildman–Crippen LogP) is 3.06. The van der Waals surface area contributed by atoms with E-state index in [9.17, 15) is 4.39 Å². The van der Waals surface area contributed by atoms with E-state index in [-0.39, 0.29) is 5.82 Å². The fraction of sp³-hybridized carbons (Fsp3) is 0.733. The van der Waals surface area contributed by atoms with Crippen molar-refractivity contribution in [2.75, 3.05) is 29.9 Å². The quantitative estimate of drug-likeness (QED) is 0.793. The van der Waals surface area contributed by atoms with Crippen molar-refractivity contribution in [1.82, 2.24) is 9.97 Å². The first-order valence-corrected chi connectivity index (χ1v) is 7.77. The second-order valence-electron chi connectivity index (χ2n) is 6.08.